The quantitative estimate of drug-likeness (QED) is 0.652. The number of thioether (sulfide) groups is 1. The second kappa shape index (κ2) is 8.34. The molecule has 0 aromatic carbocycles. The largest absolute Gasteiger partial charge is 0.355 e. The van der Waals surface area contributed by atoms with Crippen molar-refractivity contribution in [1.29, 1.82) is 0 Å². The van der Waals surface area contributed by atoms with Crippen LogP contribution in [0.1, 0.15) is 5.69 Å². The third kappa shape index (κ3) is 4.97. The molecule has 0 saturated carbocycles. The van der Waals surface area contributed by atoms with Crippen LogP contribution >= 0.6 is 11.8 Å². The van der Waals surface area contributed by atoms with Gasteiger partial charge in [-0.2, -0.15) is 11.8 Å². The molecular formula is C15H27N5S. The van der Waals surface area contributed by atoms with Crippen molar-refractivity contribution in [3.63, 3.8) is 0 Å². The van der Waals surface area contributed by atoms with Crippen molar-refractivity contribution in [2.75, 3.05) is 51.8 Å². The molecule has 1 fully saturated rings. The van der Waals surface area contributed by atoms with E-state index in [-0.39, 0.29) is 0 Å². The summed E-state index contributed by atoms with van der Waals surface area (Å²) in [5.41, 5.74) is 1.29. The first-order valence-corrected chi connectivity index (χ1v) is 8.68. The second-order valence-corrected chi connectivity index (χ2v) is 6.62. The molecule has 2 rings (SSSR count). The van der Waals surface area contributed by atoms with Crippen LogP contribution in [0.5, 0.6) is 0 Å². The standard InChI is InChI=1S/C15H27N5S/c1-16-15(17-6-8-20-9-11-21-12-10-20)19(3)13-14-5-4-7-18(14)2/h4-5,7H,6,8-13H2,1-3H3,(H,16,17). The van der Waals surface area contributed by atoms with Crippen LogP contribution in [-0.2, 0) is 13.6 Å². The van der Waals surface area contributed by atoms with Crippen LogP contribution in [0, 0.1) is 0 Å². The maximum absolute atomic E-state index is 4.38. The molecule has 0 radical (unpaired) electrons. The summed E-state index contributed by atoms with van der Waals surface area (Å²) in [5.74, 6) is 3.49. The zero-order chi connectivity index (χ0) is 15.1. The van der Waals surface area contributed by atoms with Gasteiger partial charge in [0, 0.05) is 70.7 Å². The summed E-state index contributed by atoms with van der Waals surface area (Å²) in [6.45, 7) is 5.34. The van der Waals surface area contributed by atoms with Gasteiger partial charge < -0.3 is 14.8 Å². The average molecular weight is 309 g/mol. The topological polar surface area (TPSA) is 35.8 Å². The second-order valence-electron chi connectivity index (χ2n) is 5.39. The fourth-order valence-electron chi connectivity index (χ4n) is 2.51. The Balaban J connectivity index is 1.75. The maximum atomic E-state index is 4.38. The molecule has 1 aliphatic heterocycles. The Hall–Kier alpha value is -1.14. The zero-order valence-corrected chi connectivity index (χ0v) is 14.2. The lowest BCUT2D eigenvalue weighted by molar-refractivity contribution is 0.305. The van der Waals surface area contributed by atoms with Crippen LogP contribution in [0.3, 0.4) is 0 Å². The Kier molecular flexibility index (Phi) is 6.45. The minimum atomic E-state index is 0.865. The van der Waals surface area contributed by atoms with Gasteiger partial charge in [-0.25, -0.2) is 0 Å². The molecule has 6 heteroatoms. The maximum Gasteiger partial charge on any atom is 0.193 e. The number of nitrogens with zero attached hydrogens (tertiary/aromatic N) is 4. The molecule has 2 heterocycles. The highest BCUT2D eigenvalue weighted by atomic mass is 32.2. The molecular weight excluding hydrogens is 282 g/mol. The minimum absolute atomic E-state index is 0.865. The van der Waals surface area contributed by atoms with Gasteiger partial charge in [0.25, 0.3) is 0 Å². The molecule has 0 aliphatic carbocycles. The monoisotopic (exact) mass is 309 g/mol. The molecule has 0 spiro atoms. The van der Waals surface area contributed by atoms with E-state index in [4.69, 9.17) is 0 Å². The van der Waals surface area contributed by atoms with Crippen molar-refractivity contribution in [1.82, 2.24) is 19.7 Å². The Labute approximate surface area is 132 Å². The van der Waals surface area contributed by atoms with Gasteiger partial charge in [0.15, 0.2) is 5.96 Å². The molecule has 1 aromatic heterocycles. The Morgan fingerprint density at radius 3 is 2.81 bits per heavy atom. The molecule has 0 atom stereocenters. The van der Waals surface area contributed by atoms with E-state index in [1.54, 1.807) is 0 Å². The zero-order valence-electron chi connectivity index (χ0n) is 13.4. The summed E-state index contributed by atoms with van der Waals surface area (Å²) >= 11 is 2.05. The lowest BCUT2D eigenvalue weighted by Crippen LogP contribution is -2.43. The number of guanidine groups is 1. The van der Waals surface area contributed by atoms with Crippen LogP contribution in [-0.4, -0.2) is 72.1 Å². The van der Waals surface area contributed by atoms with Crippen molar-refractivity contribution < 1.29 is 0 Å². The van der Waals surface area contributed by atoms with Gasteiger partial charge in [-0.05, 0) is 12.1 Å². The molecule has 0 bridgehead atoms. The molecule has 118 valence electrons. The van der Waals surface area contributed by atoms with E-state index in [0.29, 0.717) is 0 Å². The van der Waals surface area contributed by atoms with Crippen molar-refractivity contribution in [2.24, 2.45) is 12.0 Å². The lowest BCUT2D eigenvalue weighted by atomic mass is 10.4. The predicted molar refractivity (Wildman–Crippen MR) is 92.0 cm³/mol. The molecule has 1 saturated heterocycles. The number of hydrogen-bond acceptors (Lipinski definition) is 3. The smallest absolute Gasteiger partial charge is 0.193 e. The summed E-state index contributed by atoms with van der Waals surface area (Å²) in [6, 6.07) is 4.23. The van der Waals surface area contributed by atoms with Gasteiger partial charge in [0.1, 0.15) is 0 Å². The number of nitrogens with one attached hydrogen (secondary N) is 1. The average Bonchev–Trinajstić information content (AvgIpc) is 2.90. The first-order chi connectivity index (χ1) is 10.2. The fourth-order valence-corrected chi connectivity index (χ4v) is 3.49. The summed E-state index contributed by atoms with van der Waals surface area (Å²) in [7, 11) is 6.01. The van der Waals surface area contributed by atoms with Gasteiger partial charge in [0.2, 0.25) is 0 Å². The van der Waals surface area contributed by atoms with Gasteiger partial charge >= 0.3 is 0 Å². The van der Waals surface area contributed by atoms with Gasteiger partial charge in [-0.3, -0.25) is 9.89 Å². The number of aromatic nitrogens is 1. The van der Waals surface area contributed by atoms with Crippen LogP contribution in [0.4, 0.5) is 0 Å². The molecule has 5 nitrogen and oxygen atoms in total. The highest BCUT2D eigenvalue weighted by molar-refractivity contribution is 7.99. The van der Waals surface area contributed by atoms with Gasteiger partial charge in [-0.15, -0.1) is 0 Å². The molecule has 1 aliphatic rings. The summed E-state index contributed by atoms with van der Waals surface area (Å²) in [4.78, 5) is 9.07. The number of hydrogen-bond donors (Lipinski definition) is 1. The first-order valence-electron chi connectivity index (χ1n) is 7.53. The molecule has 21 heavy (non-hydrogen) atoms. The Morgan fingerprint density at radius 2 is 2.19 bits per heavy atom. The van der Waals surface area contributed by atoms with Gasteiger partial charge in [-0.1, -0.05) is 0 Å². The fraction of sp³-hybridized carbons (Fsp3) is 0.667. The van der Waals surface area contributed by atoms with Crippen LogP contribution in [0.25, 0.3) is 0 Å². The molecule has 0 unspecified atom stereocenters. The summed E-state index contributed by atoms with van der Waals surface area (Å²) in [6.07, 6.45) is 2.08. The van der Waals surface area contributed by atoms with Crippen LogP contribution < -0.4 is 5.32 Å². The van der Waals surface area contributed by atoms with E-state index in [1.165, 1.54) is 30.3 Å². The minimum Gasteiger partial charge on any atom is -0.355 e. The number of aryl methyl sites for hydroxylation is 1. The molecule has 1 N–H and O–H groups in total. The van der Waals surface area contributed by atoms with E-state index in [2.05, 4.69) is 68.9 Å². The Bertz CT molecular complexity index is 451. The van der Waals surface area contributed by atoms with Crippen LogP contribution in [0.2, 0.25) is 0 Å². The van der Waals surface area contributed by atoms with Crippen molar-refractivity contribution in [2.45, 2.75) is 6.54 Å². The highest BCUT2D eigenvalue weighted by Crippen LogP contribution is 2.08. The van der Waals surface area contributed by atoms with Crippen LogP contribution in [0.15, 0.2) is 23.3 Å². The van der Waals surface area contributed by atoms with E-state index >= 15 is 0 Å². The predicted octanol–water partition coefficient (Wildman–Crippen LogP) is 1.08. The van der Waals surface area contributed by atoms with E-state index in [1.807, 2.05) is 7.05 Å². The molecule has 0 amide bonds. The third-order valence-electron chi connectivity index (χ3n) is 3.84. The highest BCUT2D eigenvalue weighted by Gasteiger charge is 2.11. The van der Waals surface area contributed by atoms with Gasteiger partial charge in [0.05, 0.1) is 6.54 Å². The van der Waals surface area contributed by atoms with E-state index in [0.717, 1.165) is 25.6 Å². The Morgan fingerprint density at radius 1 is 1.43 bits per heavy atom. The summed E-state index contributed by atoms with van der Waals surface area (Å²) < 4.78 is 2.15. The third-order valence-corrected chi connectivity index (χ3v) is 4.78. The lowest BCUT2D eigenvalue weighted by Gasteiger charge is -2.27. The van der Waals surface area contributed by atoms with E-state index < -0.39 is 0 Å². The summed E-state index contributed by atoms with van der Waals surface area (Å²) in [5, 5.41) is 3.47. The van der Waals surface area contributed by atoms with Crippen molar-refractivity contribution in [3.05, 3.63) is 24.0 Å². The number of aliphatic imine (C=N–C) groups is 1. The number of rotatable bonds is 5. The normalized spacial score (nSPS) is 17.0. The first kappa shape index (κ1) is 16.2. The molecule has 1 aromatic rings. The van der Waals surface area contributed by atoms with Crippen molar-refractivity contribution >= 4 is 17.7 Å². The van der Waals surface area contributed by atoms with E-state index in [9.17, 15) is 0 Å². The van der Waals surface area contributed by atoms with Crippen molar-refractivity contribution in [3.8, 4) is 0 Å². The SMILES string of the molecule is CN=C(NCCN1CCSCC1)N(C)Cc1cccn1C.